The quantitative estimate of drug-likeness (QED) is 0.532. The van der Waals surface area contributed by atoms with Crippen molar-refractivity contribution in [3.05, 3.63) is 0 Å². The van der Waals surface area contributed by atoms with Crippen LogP contribution in [0.4, 0.5) is 0 Å². The molecule has 0 amide bonds. The van der Waals surface area contributed by atoms with E-state index in [1.807, 2.05) is 0 Å². The summed E-state index contributed by atoms with van der Waals surface area (Å²) in [6, 6.07) is 0. The lowest BCUT2D eigenvalue weighted by atomic mass is 9.49. The molecule has 1 saturated heterocycles. The van der Waals surface area contributed by atoms with E-state index in [2.05, 4.69) is 0 Å². The van der Waals surface area contributed by atoms with Crippen LogP contribution in [0.15, 0.2) is 0 Å². The van der Waals surface area contributed by atoms with Gasteiger partial charge in [-0.25, -0.2) is 9.78 Å². The Morgan fingerprint density at radius 1 is 0.846 bits per heavy atom. The largest absolute Gasteiger partial charge is 0.233 e. The van der Waals surface area contributed by atoms with Crippen molar-refractivity contribution in [1.82, 2.24) is 0 Å². The van der Waals surface area contributed by atoms with Crippen LogP contribution < -0.4 is 0 Å². The molecule has 0 atom stereocenters. The van der Waals surface area contributed by atoms with E-state index in [9.17, 15) is 0 Å². The van der Waals surface area contributed by atoms with Crippen LogP contribution in [-0.2, 0) is 9.78 Å². The third-order valence-corrected chi connectivity index (χ3v) is 5.02. The molecule has 0 aromatic carbocycles. The van der Waals surface area contributed by atoms with Crippen molar-refractivity contribution in [2.24, 2.45) is 23.7 Å². The van der Waals surface area contributed by atoms with E-state index in [4.69, 9.17) is 9.78 Å². The molecular formula is C11H16O2. The summed E-state index contributed by atoms with van der Waals surface area (Å²) in [5.74, 6) is 3.77. The molecule has 2 nitrogen and oxygen atoms in total. The van der Waals surface area contributed by atoms with E-state index in [0.29, 0.717) is 0 Å². The van der Waals surface area contributed by atoms with Gasteiger partial charge >= 0.3 is 0 Å². The molecule has 0 aromatic rings. The Kier molecular flexibility index (Phi) is 1.18. The van der Waals surface area contributed by atoms with Crippen LogP contribution in [0, 0.1) is 23.7 Å². The summed E-state index contributed by atoms with van der Waals surface area (Å²) < 4.78 is 0. The van der Waals surface area contributed by atoms with Crippen molar-refractivity contribution < 1.29 is 9.78 Å². The van der Waals surface area contributed by atoms with Crippen molar-refractivity contribution in [3.8, 4) is 0 Å². The fourth-order valence-electron chi connectivity index (χ4n) is 4.55. The van der Waals surface area contributed by atoms with E-state index in [1.165, 1.54) is 32.1 Å². The summed E-state index contributed by atoms with van der Waals surface area (Å²) in [5, 5.41) is 0. The van der Waals surface area contributed by atoms with Gasteiger partial charge in [-0.05, 0) is 55.8 Å². The monoisotopic (exact) mass is 180 g/mol. The molecule has 5 aliphatic rings. The first-order valence-electron chi connectivity index (χ1n) is 5.67. The smallest absolute Gasteiger partial charge is 0.135 e. The first-order chi connectivity index (χ1) is 6.37. The lowest BCUT2D eigenvalue weighted by Crippen LogP contribution is -2.66. The minimum absolute atomic E-state index is 0.202. The van der Waals surface area contributed by atoms with Crippen molar-refractivity contribution >= 4 is 0 Å². The van der Waals surface area contributed by atoms with Gasteiger partial charge in [-0.3, -0.25) is 0 Å². The fourth-order valence-corrected chi connectivity index (χ4v) is 4.55. The van der Waals surface area contributed by atoms with Crippen molar-refractivity contribution in [2.75, 3.05) is 6.61 Å². The van der Waals surface area contributed by atoms with Gasteiger partial charge in [0.05, 0.1) is 0 Å². The molecule has 0 unspecified atom stereocenters. The SMILES string of the molecule is C1C2CC3CC1CC(C2)C31COO1. The Labute approximate surface area is 78.5 Å². The third-order valence-electron chi connectivity index (χ3n) is 5.02. The van der Waals surface area contributed by atoms with Crippen LogP contribution in [0.2, 0.25) is 0 Å². The van der Waals surface area contributed by atoms with Crippen LogP contribution in [0.5, 0.6) is 0 Å². The van der Waals surface area contributed by atoms with Gasteiger partial charge in [0.15, 0.2) is 0 Å². The molecule has 4 bridgehead atoms. The summed E-state index contributed by atoms with van der Waals surface area (Å²) >= 11 is 0. The zero-order chi connectivity index (χ0) is 8.47. The van der Waals surface area contributed by atoms with Crippen LogP contribution >= 0.6 is 0 Å². The summed E-state index contributed by atoms with van der Waals surface area (Å²) in [6.07, 6.45) is 7.23. The maximum Gasteiger partial charge on any atom is 0.135 e. The molecule has 0 radical (unpaired) electrons. The molecular weight excluding hydrogens is 164 g/mol. The highest BCUT2D eigenvalue weighted by Crippen LogP contribution is 2.61. The second kappa shape index (κ2) is 2.12. The molecule has 4 aliphatic carbocycles. The van der Waals surface area contributed by atoms with E-state index < -0.39 is 0 Å². The summed E-state index contributed by atoms with van der Waals surface area (Å²) in [4.78, 5) is 10.5. The van der Waals surface area contributed by atoms with Crippen molar-refractivity contribution in [1.29, 1.82) is 0 Å². The first kappa shape index (κ1) is 7.24. The second-order valence-electron chi connectivity index (χ2n) is 5.60. The summed E-state index contributed by atoms with van der Waals surface area (Å²) in [6.45, 7) is 0.891. The standard InChI is InChI=1S/C11H16O2/c1-7-2-9-4-8(1)5-10(3-7)11(9)6-12-13-11/h7-10H,1-6H2. The molecule has 13 heavy (non-hydrogen) atoms. The molecule has 2 heteroatoms. The van der Waals surface area contributed by atoms with Crippen molar-refractivity contribution in [2.45, 2.75) is 37.7 Å². The van der Waals surface area contributed by atoms with Crippen molar-refractivity contribution in [3.63, 3.8) is 0 Å². The molecule has 0 aromatic heterocycles. The van der Waals surface area contributed by atoms with Gasteiger partial charge in [-0.15, -0.1) is 0 Å². The van der Waals surface area contributed by atoms with Gasteiger partial charge in [0.2, 0.25) is 0 Å². The highest BCUT2D eigenvalue weighted by Gasteiger charge is 2.62. The third kappa shape index (κ3) is 0.736. The van der Waals surface area contributed by atoms with Gasteiger partial charge in [0, 0.05) is 0 Å². The van der Waals surface area contributed by atoms with E-state index >= 15 is 0 Å². The van der Waals surface area contributed by atoms with E-state index in [0.717, 1.165) is 30.3 Å². The van der Waals surface area contributed by atoms with Crippen LogP contribution in [0.3, 0.4) is 0 Å². The van der Waals surface area contributed by atoms with Crippen LogP contribution in [-0.4, -0.2) is 12.2 Å². The highest BCUT2D eigenvalue weighted by atomic mass is 17.2. The normalized spacial score (nSPS) is 62.8. The lowest BCUT2D eigenvalue weighted by molar-refractivity contribution is -0.510. The minimum Gasteiger partial charge on any atom is -0.233 e. The van der Waals surface area contributed by atoms with Crippen LogP contribution in [0.1, 0.15) is 32.1 Å². The Hall–Kier alpha value is -0.0800. The molecule has 4 saturated carbocycles. The average molecular weight is 180 g/mol. The Bertz CT molecular complexity index is 214. The number of hydrogen-bond donors (Lipinski definition) is 0. The Morgan fingerprint density at radius 3 is 1.77 bits per heavy atom. The summed E-state index contributed by atoms with van der Waals surface area (Å²) in [7, 11) is 0. The number of hydrogen-bond acceptors (Lipinski definition) is 2. The van der Waals surface area contributed by atoms with Gasteiger partial charge < -0.3 is 0 Å². The second-order valence-corrected chi connectivity index (χ2v) is 5.60. The Morgan fingerprint density at radius 2 is 1.38 bits per heavy atom. The molecule has 5 fully saturated rings. The van der Waals surface area contributed by atoms with Crippen LogP contribution in [0.25, 0.3) is 0 Å². The maximum absolute atomic E-state index is 5.50. The zero-order valence-electron chi connectivity index (χ0n) is 7.87. The topological polar surface area (TPSA) is 18.5 Å². The molecule has 0 N–H and O–H groups in total. The summed E-state index contributed by atoms with van der Waals surface area (Å²) in [5.41, 5.74) is 0.202. The van der Waals surface area contributed by atoms with Gasteiger partial charge in [0.1, 0.15) is 12.2 Å². The number of rotatable bonds is 0. The molecule has 1 spiro atoms. The Balaban J connectivity index is 1.74. The maximum atomic E-state index is 5.50. The minimum atomic E-state index is 0.202. The average Bonchev–Trinajstić information content (AvgIpc) is 1.98. The van der Waals surface area contributed by atoms with E-state index in [-0.39, 0.29) is 5.60 Å². The predicted molar refractivity (Wildman–Crippen MR) is 46.8 cm³/mol. The highest BCUT2D eigenvalue weighted by molar-refractivity contribution is 5.08. The molecule has 1 aliphatic heterocycles. The fraction of sp³-hybridized carbons (Fsp3) is 1.00. The van der Waals surface area contributed by atoms with E-state index in [1.54, 1.807) is 0 Å². The molecule has 72 valence electrons. The van der Waals surface area contributed by atoms with Gasteiger partial charge in [-0.1, -0.05) is 0 Å². The molecule has 1 heterocycles. The molecule has 5 rings (SSSR count). The first-order valence-corrected chi connectivity index (χ1v) is 5.67. The predicted octanol–water partition coefficient (Wildman–Crippen LogP) is 2.14. The van der Waals surface area contributed by atoms with Gasteiger partial charge in [-0.2, -0.15) is 0 Å². The zero-order valence-corrected chi connectivity index (χ0v) is 7.87. The lowest BCUT2D eigenvalue weighted by Gasteiger charge is -2.62. The van der Waals surface area contributed by atoms with Gasteiger partial charge in [0.25, 0.3) is 0 Å².